The molecule has 2 aromatic rings. The Hall–Kier alpha value is -2.15. The summed E-state index contributed by atoms with van der Waals surface area (Å²) >= 11 is 0. The molecule has 0 N–H and O–H groups in total. The first-order valence-corrected chi connectivity index (χ1v) is 7.37. The van der Waals surface area contributed by atoms with Crippen LogP contribution in [0.15, 0.2) is 24.3 Å². The van der Waals surface area contributed by atoms with Crippen molar-refractivity contribution in [2.45, 2.75) is 52.5 Å². The molecule has 1 aromatic heterocycles. The Morgan fingerprint density at radius 1 is 1.19 bits per heavy atom. The number of aromatic nitrogens is 3. The van der Waals surface area contributed by atoms with Crippen LogP contribution in [-0.2, 0) is 18.4 Å². The number of hydrogen-bond acceptors (Lipinski definition) is 3. The van der Waals surface area contributed by atoms with Crippen molar-refractivity contribution in [2.75, 3.05) is 0 Å². The van der Waals surface area contributed by atoms with Gasteiger partial charge >= 0.3 is 0 Å². The van der Waals surface area contributed by atoms with E-state index in [-0.39, 0.29) is 5.41 Å². The van der Waals surface area contributed by atoms with Crippen molar-refractivity contribution in [3.63, 3.8) is 0 Å². The standard InChI is InChI=1S/C17H22N4/c1-5-6-16-15(11-18)19-20-21(16)12-13-7-9-14(10-8-13)17(2,3)4/h7-10H,5-6,12H2,1-4H3. The quantitative estimate of drug-likeness (QED) is 0.863. The molecule has 0 fully saturated rings. The third kappa shape index (κ3) is 3.49. The molecule has 21 heavy (non-hydrogen) atoms. The molecule has 0 amide bonds. The molecule has 1 heterocycles. The van der Waals surface area contributed by atoms with Crippen LogP contribution in [0.1, 0.15) is 56.6 Å². The predicted molar refractivity (Wildman–Crippen MR) is 83.0 cm³/mol. The van der Waals surface area contributed by atoms with Crippen molar-refractivity contribution in [3.8, 4) is 6.07 Å². The maximum atomic E-state index is 9.08. The second-order valence-corrected chi connectivity index (χ2v) is 6.35. The highest BCUT2D eigenvalue weighted by Crippen LogP contribution is 2.22. The number of nitriles is 1. The summed E-state index contributed by atoms with van der Waals surface area (Å²) < 4.78 is 1.84. The molecule has 2 rings (SSSR count). The summed E-state index contributed by atoms with van der Waals surface area (Å²) in [4.78, 5) is 0. The van der Waals surface area contributed by atoms with Crippen molar-refractivity contribution >= 4 is 0 Å². The van der Waals surface area contributed by atoms with Crippen LogP contribution in [0.3, 0.4) is 0 Å². The Morgan fingerprint density at radius 2 is 1.86 bits per heavy atom. The van der Waals surface area contributed by atoms with Crippen LogP contribution < -0.4 is 0 Å². The van der Waals surface area contributed by atoms with Crippen LogP contribution in [0.4, 0.5) is 0 Å². The SMILES string of the molecule is CCCc1c(C#N)nnn1Cc1ccc(C(C)(C)C)cc1. The van der Waals surface area contributed by atoms with Gasteiger partial charge in [0.2, 0.25) is 0 Å². The first-order valence-electron chi connectivity index (χ1n) is 7.37. The fraction of sp³-hybridized carbons (Fsp3) is 0.471. The zero-order valence-electron chi connectivity index (χ0n) is 13.2. The highest BCUT2D eigenvalue weighted by atomic mass is 15.4. The van der Waals surface area contributed by atoms with Crippen molar-refractivity contribution in [1.82, 2.24) is 15.0 Å². The van der Waals surface area contributed by atoms with Crippen LogP contribution in [-0.4, -0.2) is 15.0 Å². The number of rotatable bonds is 4. The lowest BCUT2D eigenvalue weighted by Crippen LogP contribution is -2.11. The van der Waals surface area contributed by atoms with Gasteiger partial charge in [0.25, 0.3) is 0 Å². The van der Waals surface area contributed by atoms with E-state index in [1.54, 1.807) is 0 Å². The Bertz CT molecular complexity index is 639. The molecule has 0 unspecified atom stereocenters. The molecule has 0 saturated heterocycles. The molecule has 4 nitrogen and oxygen atoms in total. The molecule has 0 aliphatic carbocycles. The summed E-state index contributed by atoms with van der Waals surface area (Å²) in [7, 11) is 0. The summed E-state index contributed by atoms with van der Waals surface area (Å²) in [5, 5.41) is 17.2. The van der Waals surface area contributed by atoms with Crippen LogP contribution in [0, 0.1) is 11.3 Å². The van der Waals surface area contributed by atoms with Crippen LogP contribution >= 0.6 is 0 Å². The number of hydrogen-bond donors (Lipinski definition) is 0. The Balaban J connectivity index is 2.23. The highest BCUT2D eigenvalue weighted by Gasteiger charge is 2.14. The van der Waals surface area contributed by atoms with Gasteiger partial charge in [0.15, 0.2) is 5.69 Å². The molecule has 4 heteroatoms. The molecule has 0 saturated carbocycles. The Kier molecular flexibility index (Phi) is 4.42. The van der Waals surface area contributed by atoms with E-state index < -0.39 is 0 Å². The van der Waals surface area contributed by atoms with Gasteiger partial charge in [-0.1, -0.05) is 63.6 Å². The van der Waals surface area contributed by atoms with E-state index >= 15 is 0 Å². The molecular weight excluding hydrogens is 260 g/mol. The summed E-state index contributed by atoms with van der Waals surface area (Å²) in [5.41, 5.74) is 4.03. The van der Waals surface area contributed by atoms with Crippen molar-refractivity contribution in [1.29, 1.82) is 5.26 Å². The monoisotopic (exact) mass is 282 g/mol. The van der Waals surface area contributed by atoms with Crippen LogP contribution in [0.2, 0.25) is 0 Å². The van der Waals surface area contributed by atoms with E-state index in [1.807, 2.05) is 4.68 Å². The van der Waals surface area contributed by atoms with E-state index in [1.165, 1.54) is 11.1 Å². The topological polar surface area (TPSA) is 54.5 Å². The zero-order chi connectivity index (χ0) is 15.5. The lowest BCUT2D eigenvalue weighted by atomic mass is 9.87. The highest BCUT2D eigenvalue weighted by molar-refractivity contribution is 5.29. The molecule has 0 atom stereocenters. The molecular formula is C17H22N4. The smallest absolute Gasteiger partial charge is 0.185 e. The number of nitrogens with zero attached hydrogens (tertiary/aromatic N) is 4. The first kappa shape index (κ1) is 15.2. The fourth-order valence-corrected chi connectivity index (χ4v) is 2.31. The van der Waals surface area contributed by atoms with Crippen LogP contribution in [0.25, 0.3) is 0 Å². The molecule has 1 aromatic carbocycles. The minimum absolute atomic E-state index is 0.160. The molecule has 0 spiro atoms. The van der Waals surface area contributed by atoms with E-state index in [0.29, 0.717) is 12.2 Å². The second kappa shape index (κ2) is 6.09. The van der Waals surface area contributed by atoms with Gasteiger partial charge in [0, 0.05) is 0 Å². The maximum absolute atomic E-state index is 9.08. The molecule has 0 bridgehead atoms. The van der Waals surface area contributed by atoms with Crippen molar-refractivity contribution in [3.05, 3.63) is 46.8 Å². The zero-order valence-corrected chi connectivity index (χ0v) is 13.2. The lowest BCUT2D eigenvalue weighted by Gasteiger charge is -2.19. The van der Waals surface area contributed by atoms with E-state index in [9.17, 15) is 0 Å². The first-order chi connectivity index (χ1) is 9.95. The third-order valence-corrected chi connectivity index (χ3v) is 3.58. The van der Waals surface area contributed by atoms with Crippen LogP contribution in [0.5, 0.6) is 0 Å². The van der Waals surface area contributed by atoms with E-state index in [0.717, 1.165) is 18.5 Å². The second-order valence-electron chi connectivity index (χ2n) is 6.35. The summed E-state index contributed by atoms with van der Waals surface area (Å²) in [6.45, 7) is 9.37. The molecule has 0 radical (unpaired) electrons. The minimum Gasteiger partial charge on any atom is -0.244 e. The van der Waals surface area contributed by atoms with Gasteiger partial charge < -0.3 is 0 Å². The Morgan fingerprint density at radius 3 is 2.38 bits per heavy atom. The average molecular weight is 282 g/mol. The summed E-state index contributed by atoms with van der Waals surface area (Å²) in [5.74, 6) is 0. The van der Waals surface area contributed by atoms with Gasteiger partial charge in [0.05, 0.1) is 12.2 Å². The normalized spacial score (nSPS) is 11.4. The van der Waals surface area contributed by atoms with Gasteiger partial charge in [-0.15, -0.1) is 5.10 Å². The fourth-order valence-electron chi connectivity index (χ4n) is 2.31. The molecule has 110 valence electrons. The van der Waals surface area contributed by atoms with Gasteiger partial charge in [-0.25, -0.2) is 4.68 Å². The van der Waals surface area contributed by atoms with Gasteiger partial charge in [-0.05, 0) is 23.0 Å². The Labute approximate surface area is 126 Å². The van der Waals surface area contributed by atoms with Gasteiger partial charge in [0.1, 0.15) is 6.07 Å². The molecule has 0 aliphatic heterocycles. The predicted octanol–water partition coefficient (Wildman–Crippen LogP) is 3.45. The van der Waals surface area contributed by atoms with Crippen molar-refractivity contribution in [2.24, 2.45) is 0 Å². The third-order valence-electron chi connectivity index (χ3n) is 3.58. The summed E-state index contributed by atoms with van der Waals surface area (Å²) in [6.07, 6.45) is 1.81. The summed E-state index contributed by atoms with van der Waals surface area (Å²) in [6, 6.07) is 10.7. The largest absolute Gasteiger partial charge is 0.244 e. The van der Waals surface area contributed by atoms with E-state index in [2.05, 4.69) is 68.3 Å². The van der Waals surface area contributed by atoms with Crippen molar-refractivity contribution < 1.29 is 0 Å². The van der Waals surface area contributed by atoms with Gasteiger partial charge in [-0.2, -0.15) is 5.26 Å². The minimum atomic E-state index is 0.160. The average Bonchev–Trinajstić information content (AvgIpc) is 2.81. The molecule has 0 aliphatic rings. The lowest BCUT2D eigenvalue weighted by molar-refractivity contribution is 0.587. The van der Waals surface area contributed by atoms with Gasteiger partial charge in [-0.3, -0.25) is 0 Å². The van der Waals surface area contributed by atoms with E-state index in [4.69, 9.17) is 5.26 Å². The number of benzene rings is 1. The maximum Gasteiger partial charge on any atom is 0.185 e.